The van der Waals surface area contributed by atoms with E-state index >= 15 is 0 Å². The summed E-state index contributed by atoms with van der Waals surface area (Å²) in [6, 6.07) is 6.74. The van der Waals surface area contributed by atoms with Gasteiger partial charge >= 0.3 is 0 Å². The van der Waals surface area contributed by atoms with E-state index in [0.29, 0.717) is 18.4 Å². The molecule has 0 saturated heterocycles. The summed E-state index contributed by atoms with van der Waals surface area (Å²) in [5.74, 6) is 0.0644. The lowest BCUT2D eigenvalue weighted by Gasteiger charge is -2.16. The summed E-state index contributed by atoms with van der Waals surface area (Å²) in [5, 5.41) is 0. The lowest BCUT2D eigenvalue weighted by atomic mass is 9.87. The second kappa shape index (κ2) is 5.24. The van der Waals surface area contributed by atoms with Crippen molar-refractivity contribution in [3.63, 3.8) is 0 Å². The molecule has 1 aromatic carbocycles. The van der Waals surface area contributed by atoms with Crippen molar-refractivity contribution in [2.75, 3.05) is 0 Å². The maximum absolute atomic E-state index is 13.3. The first-order valence-electron chi connectivity index (χ1n) is 5.68. The van der Waals surface area contributed by atoms with E-state index in [-0.39, 0.29) is 17.0 Å². The van der Waals surface area contributed by atoms with Gasteiger partial charge in [0.25, 0.3) is 0 Å². The Bertz CT molecular complexity index is 363. The molecule has 1 rings (SSSR count). The van der Waals surface area contributed by atoms with Gasteiger partial charge in [-0.3, -0.25) is 4.79 Å². The molecule has 0 unspecified atom stereocenters. The van der Waals surface area contributed by atoms with E-state index in [2.05, 4.69) is 0 Å². The highest BCUT2D eigenvalue weighted by atomic mass is 19.1. The number of halogens is 1. The standard InChI is InChI=1S/C14H19FO/c1-14(2,3)13(16)10-6-8-11-7-4-5-9-12(11)15/h4-5,7,9H,6,8,10H2,1-3H3. The molecular formula is C14H19FO. The van der Waals surface area contributed by atoms with Crippen molar-refractivity contribution in [1.29, 1.82) is 0 Å². The molecule has 1 aromatic rings. The number of Topliss-reactive ketones (excluding diaryl/α,β-unsaturated/α-hetero) is 1. The normalized spacial score (nSPS) is 11.5. The molecule has 0 N–H and O–H groups in total. The molecule has 0 aromatic heterocycles. The first kappa shape index (κ1) is 12.9. The fourth-order valence-electron chi connectivity index (χ4n) is 1.52. The van der Waals surface area contributed by atoms with Crippen LogP contribution in [0.3, 0.4) is 0 Å². The number of benzene rings is 1. The molecule has 0 aliphatic heterocycles. The third-order valence-corrected chi connectivity index (χ3v) is 2.64. The number of hydrogen-bond acceptors (Lipinski definition) is 1. The molecule has 0 fully saturated rings. The molecule has 1 nitrogen and oxygen atoms in total. The van der Waals surface area contributed by atoms with Crippen LogP contribution in [-0.4, -0.2) is 5.78 Å². The van der Waals surface area contributed by atoms with Crippen LogP contribution in [0.15, 0.2) is 24.3 Å². The first-order chi connectivity index (χ1) is 7.41. The quantitative estimate of drug-likeness (QED) is 0.758. The Morgan fingerprint density at radius 1 is 1.25 bits per heavy atom. The molecule has 0 aliphatic rings. The van der Waals surface area contributed by atoms with E-state index in [1.165, 1.54) is 6.07 Å². The van der Waals surface area contributed by atoms with Gasteiger partial charge in [0.2, 0.25) is 0 Å². The minimum Gasteiger partial charge on any atom is -0.299 e. The van der Waals surface area contributed by atoms with E-state index in [1.54, 1.807) is 12.1 Å². The van der Waals surface area contributed by atoms with Crippen LogP contribution in [0, 0.1) is 11.2 Å². The van der Waals surface area contributed by atoms with Gasteiger partial charge in [0.15, 0.2) is 0 Å². The van der Waals surface area contributed by atoms with Crippen molar-refractivity contribution >= 4 is 5.78 Å². The molecule has 0 amide bonds. The van der Waals surface area contributed by atoms with Crippen molar-refractivity contribution in [2.24, 2.45) is 5.41 Å². The molecule has 0 saturated carbocycles. The van der Waals surface area contributed by atoms with Crippen LogP contribution < -0.4 is 0 Å². The van der Waals surface area contributed by atoms with Crippen molar-refractivity contribution in [3.05, 3.63) is 35.6 Å². The Balaban J connectivity index is 2.43. The number of ketones is 1. The summed E-state index contributed by atoms with van der Waals surface area (Å²) in [6.07, 6.45) is 1.88. The highest BCUT2D eigenvalue weighted by Gasteiger charge is 2.20. The zero-order valence-electron chi connectivity index (χ0n) is 10.2. The fraction of sp³-hybridized carbons (Fsp3) is 0.500. The minimum atomic E-state index is -0.283. The number of rotatable bonds is 4. The van der Waals surface area contributed by atoms with Gasteiger partial charge < -0.3 is 0 Å². The van der Waals surface area contributed by atoms with E-state index in [1.807, 2.05) is 26.8 Å². The number of carbonyl (C=O) groups excluding carboxylic acids is 1. The lowest BCUT2D eigenvalue weighted by molar-refractivity contribution is -0.126. The first-order valence-corrected chi connectivity index (χ1v) is 5.68. The third kappa shape index (κ3) is 3.76. The summed E-state index contributed by atoms with van der Waals surface area (Å²) < 4.78 is 13.3. The van der Waals surface area contributed by atoms with Gasteiger partial charge in [0.1, 0.15) is 11.6 Å². The zero-order valence-corrected chi connectivity index (χ0v) is 10.2. The van der Waals surface area contributed by atoms with Gasteiger partial charge in [-0.25, -0.2) is 4.39 Å². The van der Waals surface area contributed by atoms with Crippen LogP contribution in [-0.2, 0) is 11.2 Å². The molecule has 0 aliphatic carbocycles. The Morgan fingerprint density at radius 3 is 2.44 bits per heavy atom. The number of hydrogen-bond donors (Lipinski definition) is 0. The van der Waals surface area contributed by atoms with Crippen LogP contribution in [0.25, 0.3) is 0 Å². The molecule has 0 bridgehead atoms. The SMILES string of the molecule is CC(C)(C)C(=O)CCCc1ccccc1F. The van der Waals surface area contributed by atoms with Gasteiger partial charge in [0, 0.05) is 11.8 Å². The van der Waals surface area contributed by atoms with Crippen LogP contribution in [0.5, 0.6) is 0 Å². The second-order valence-corrected chi connectivity index (χ2v) is 5.12. The molecule has 88 valence electrons. The summed E-state index contributed by atoms with van der Waals surface area (Å²) in [6.45, 7) is 5.75. The van der Waals surface area contributed by atoms with Gasteiger partial charge in [-0.1, -0.05) is 39.0 Å². The topological polar surface area (TPSA) is 17.1 Å². The van der Waals surface area contributed by atoms with E-state index < -0.39 is 0 Å². The Kier molecular flexibility index (Phi) is 4.22. The Labute approximate surface area is 96.7 Å². The Morgan fingerprint density at radius 2 is 1.88 bits per heavy atom. The highest BCUT2D eigenvalue weighted by Crippen LogP contribution is 2.19. The zero-order chi connectivity index (χ0) is 12.2. The molecule has 0 spiro atoms. The predicted molar refractivity (Wildman–Crippen MR) is 63.8 cm³/mol. The number of carbonyl (C=O) groups is 1. The summed E-state index contributed by atoms with van der Waals surface area (Å²) >= 11 is 0. The van der Waals surface area contributed by atoms with Crippen molar-refractivity contribution in [3.8, 4) is 0 Å². The number of aryl methyl sites for hydroxylation is 1. The van der Waals surface area contributed by atoms with Crippen molar-refractivity contribution < 1.29 is 9.18 Å². The maximum atomic E-state index is 13.3. The molecule has 16 heavy (non-hydrogen) atoms. The predicted octanol–water partition coefficient (Wildman–Crippen LogP) is 3.76. The molecule has 2 heteroatoms. The van der Waals surface area contributed by atoms with Gasteiger partial charge in [-0.15, -0.1) is 0 Å². The smallest absolute Gasteiger partial charge is 0.138 e. The molecule has 0 radical (unpaired) electrons. The van der Waals surface area contributed by atoms with Crippen molar-refractivity contribution in [2.45, 2.75) is 40.0 Å². The van der Waals surface area contributed by atoms with Gasteiger partial charge in [-0.2, -0.15) is 0 Å². The monoisotopic (exact) mass is 222 g/mol. The maximum Gasteiger partial charge on any atom is 0.138 e. The largest absolute Gasteiger partial charge is 0.299 e. The lowest BCUT2D eigenvalue weighted by Crippen LogP contribution is -2.19. The van der Waals surface area contributed by atoms with E-state index in [9.17, 15) is 9.18 Å². The summed E-state index contributed by atoms with van der Waals surface area (Å²) in [7, 11) is 0. The van der Waals surface area contributed by atoms with E-state index in [4.69, 9.17) is 0 Å². The molecule has 0 heterocycles. The summed E-state index contributed by atoms with van der Waals surface area (Å²) in [5.41, 5.74) is 0.416. The van der Waals surface area contributed by atoms with Crippen LogP contribution >= 0.6 is 0 Å². The third-order valence-electron chi connectivity index (χ3n) is 2.64. The average molecular weight is 222 g/mol. The summed E-state index contributed by atoms with van der Waals surface area (Å²) in [4.78, 5) is 11.6. The fourth-order valence-corrected chi connectivity index (χ4v) is 1.52. The van der Waals surface area contributed by atoms with Crippen LogP contribution in [0.1, 0.15) is 39.2 Å². The van der Waals surface area contributed by atoms with Crippen LogP contribution in [0.4, 0.5) is 4.39 Å². The van der Waals surface area contributed by atoms with Crippen molar-refractivity contribution in [1.82, 2.24) is 0 Å². The van der Waals surface area contributed by atoms with E-state index in [0.717, 1.165) is 6.42 Å². The molecule has 0 atom stereocenters. The molecular weight excluding hydrogens is 203 g/mol. The van der Waals surface area contributed by atoms with Crippen LogP contribution in [0.2, 0.25) is 0 Å². The average Bonchev–Trinajstić information content (AvgIpc) is 2.19. The minimum absolute atomic E-state index is 0.175. The highest BCUT2D eigenvalue weighted by molar-refractivity contribution is 5.83. The second-order valence-electron chi connectivity index (χ2n) is 5.12. The Hall–Kier alpha value is -1.18. The van der Waals surface area contributed by atoms with Gasteiger partial charge in [-0.05, 0) is 24.5 Å². The van der Waals surface area contributed by atoms with Gasteiger partial charge in [0.05, 0.1) is 0 Å².